The van der Waals surface area contributed by atoms with E-state index in [-0.39, 0.29) is 11.8 Å². The minimum absolute atomic E-state index is 0.117. The van der Waals surface area contributed by atoms with E-state index in [0.717, 1.165) is 5.56 Å². The smallest absolute Gasteiger partial charge is 0.307 e. The van der Waals surface area contributed by atoms with Crippen molar-refractivity contribution in [2.45, 2.75) is 12.3 Å². The minimum Gasteiger partial charge on any atom is -0.495 e. The van der Waals surface area contributed by atoms with E-state index in [4.69, 9.17) is 21.4 Å². The van der Waals surface area contributed by atoms with Crippen LogP contribution in [0.15, 0.2) is 18.2 Å². The normalized spacial score (nSPS) is 23.6. The van der Waals surface area contributed by atoms with Gasteiger partial charge in [-0.15, -0.1) is 0 Å². The maximum Gasteiger partial charge on any atom is 0.307 e. The highest BCUT2D eigenvalue weighted by Gasteiger charge is 2.44. The minimum atomic E-state index is -0.730. The van der Waals surface area contributed by atoms with E-state index in [0.29, 0.717) is 17.2 Å². The summed E-state index contributed by atoms with van der Waals surface area (Å²) in [7, 11) is 1.55. The van der Waals surface area contributed by atoms with Crippen molar-refractivity contribution in [2.75, 3.05) is 7.11 Å². The lowest BCUT2D eigenvalue weighted by Crippen LogP contribution is -1.98. The van der Waals surface area contributed by atoms with Gasteiger partial charge in [0.2, 0.25) is 0 Å². The molecule has 2 rings (SSSR count). The summed E-state index contributed by atoms with van der Waals surface area (Å²) in [5, 5.41) is 9.33. The average molecular weight is 227 g/mol. The van der Waals surface area contributed by atoms with Crippen LogP contribution in [0.1, 0.15) is 17.9 Å². The van der Waals surface area contributed by atoms with Crippen LogP contribution in [0.4, 0.5) is 0 Å². The molecule has 0 spiro atoms. The Morgan fingerprint density at radius 1 is 1.60 bits per heavy atom. The van der Waals surface area contributed by atoms with E-state index in [1.807, 2.05) is 6.07 Å². The molecule has 0 saturated heterocycles. The fraction of sp³-hybridized carbons (Fsp3) is 0.364. The monoisotopic (exact) mass is 226 g/mol. The molecule has 0 heterocycles. The SMILES string of the molecule is COc1ccc(C2C[C@H]2C(=O)O)cc1Cl. The molecular formula is C11H11ClO3. The lowest BCUT2D eigenvalue weighted by atomic mass is 10.1. The van der Waals surface area contributed by atoms with Crippen LogP contribution in [-0.4, -0.2) is 18.2 Å². The van der Waals surface area contributed by atoms with Crippen molar-refractivity contribution in [3.8, 4) is 5.75 Å². The van der Waals surface area contributed by atoms with Crippen molar-refractivity contribution >= 4 is 17.6 Å². The van der Waals surface area contributed by atoms with E-state index >= 15 is 0 Å². The van der Waals surface area contributed by atoms with Crippen molar-refractivity contribution in [1.29, 1.82) is 0 Å². The third kappa shape index (κ3) is 1.92. The first kappa shape index (κ1) is 10.3. The molecule has 1 N–H and O–H groups in total. The predicted molar refractivity (Wildman–Crippen MR) is 56.5 cm³/mol. The van der Waals surface area contributed by atoms with Gasteiger partial charge in [-0.05, 0) is 30.0 Å². The van der Waals surface area contributed by atoms with E-state index in [2.05, 4.69) is 0 Å². The number of hydrogen-bond acceptors (Lipinski definition) is 2. The van der Waals surface area contributed by atoms with Crippen LogP contribution in [0, 0.1) is 5.92 Å². The summed E-state index contributed by atoms with van der Waals surface area (Å²) < 4.78 is 5.03. The molecule has 0 radical (unpaired) electrons. The second-order valence-electron chi connectivity index (χ2n) is 3.68. The van der Waals surface area contributed by atoms with Gasteiger partial charge in [0.05, 0.1) is 18.1 Å². The van der Waals surface area contributed by atoms with E-state index in [1.165, 1.54) is 0 Å². The van der Waals surface area contributed by atoms with Gasteiger partial charge in [0, 0.05) is 0 Å². The van der Waals surface area contributed by atoms with Gasteiger partial charge in [-0.25, -0.2) is 0 Å². The number of benzene rings is 1. The first-order valence-electron chi connectivity index (χ1n) is 4.69. The van der Waals surface area contributed by atoms with Crippen molar-refractivity contribution in [3.63, 3.8) is 0 Å². The van der Waals surface area contributed by atoms with Crippen LogP contribution >= 0.6 is 11.6 Å². The largest absolute Gasteiger partial charge is 0.495 e. The van der Waals surface area contributed by atoms with Crippen LogP contribution in [0.2, 0.25) is 5.02 Å². The zero-order chi connectivity index (χ0) is 11.0. The van der Waals surface area contributed by atoms with Crippen molar-refractivity contribution in [1.82, 2.24) is 0 Å². The summed E-state index contributed by atoms with van der Waals surface area (Å²) in [6.45, 7) is 0. The molecule has 15 heavy (non-hydrogen) atoms. The Morgan fingerprint density at radius 3 is 2.80 bits per heavy atom. The Morgan fingerprint density at radius 2 is 2.33 bits per heavy atom. The van der Waals surface area contributed by atoms with E-state index in [9.17, 15) is 4.79 Å². The summed E-state index contributed by atoms with van der Waals surface area (Å²) in [4.78, 5) is 10.7. The molecule has 1 aromatic rings. The standard InChI is InChI=1S/C11H11ClO3/c1-15-10-3-2-6(4-9(10)12)7-5-8(7)11(13)14/h2-4,7-8H,5H2,1H3,(H,13,14)/t7?,8-/m1/s1. The Balaban J connectivity index is 2.18. The molecule has 80 valence electrons. The Hall–Kier alpha value is -1.22. The van der Waals surface area contributed by atoms with E-state index in [1.54, 1.807) is 19.2 Å². The third-order valence-corrected chi connectivity index (χ3v) is 3.01. The number of ether oxygens (including phenoxy) is 1. The van der Waals surface area contributed by atoms with Gasteiger partial charge in [-0.1, -0.05) is 17.7 Å². The summed E-state index contributed by atoms with van der Waals surface area (Å²) in [5.41, 5.74) is 0.980. The quantitative estimate of drug-likeness (QED) is 0.862. The number of carbonyl (C=O) groups is 1. The fourth-order valence-corrected chi connectivity index (χ4v) is 2.02. The summed E-state index contributed by atoms with van der Waals surface area (Å²) in [5.74, 6) is -0.236. The second-order valence-corrected chi connectivity index (χ2v) is 4.09. The zero-order valence-electron chi connectivity index (χ0n) is 8.24. The summed E-state index contributed by atoms with van der Waals surface area (Å²) in [6.07, 6.45) is 0.706. The molecule has 1 fully saturated rings. The van der Waals surface area contributed by atoms with Gasteiger partial charge in [-0.3, -0.25) is 4.79 Å². The number of methoxy groups -OCH3 is 1. The molecule has 1 unspecified atom stereocenters. The molecule has 0 aliphatic heterocycles. The molecule has 4 heteroatoms. The number of hydrogen-bond donors (Lipinski definition) is 1. The number of carboxylic acids is 1. The molecule has 0 aromatic heterocycles. The summed E-state index contributed by atoms with van der Waals surface area (Å²) >= 11 is 5.96. The maximum atomic E-state index is 10.7. The van der Waals surface area contributed by atoms with Gasteiger partial charge in [0.15, 0.2) is 0 Å². The number of carboxylic acid groups (broad SMARTS) is 1. The van der Waals surface area contributed by atoms with Crippen molar-refractivity contribution in [3.05, 3.63) is 28.8 Å². The van der Waals surface area contributed by atoms with E-state index < -0.39 is 5.97 Å². The Bertz CT molecular complexity index is 403. The average Bonchev–Trinajstić information content (AvgIpc) is 2.97. The van der Waals surface area contributed by atoms with Crippen LogP contribution in [0.3, 0.4) is 0 Å². The van der Waals surface area contributed by atoms with Crippen LogP contribution in [0.5, 0.6) is 5.75 Å². The van der Waals surface area contributed by atoms with Crippen molar-refractivity contribution < 1.29 is 14.6 Å². The lowest BCUT2D eigenvalue weighted by molar-refractivity contribution is -0.138. The molecular weight excluding hydrogens is 216 g/mol. The predicted octanol–water partition coefficient (Wildman–Crippen LogP) is 2.54. The Kier molecular flexibility index (Phi) is 2.57. The van der Waals surface area contributed by atoms with Gasteiger partial charge in [0.25, 0.3) is 0 Å². The van der Waals surface area contributed by atoms with Gasteiger partial charge in [0.1, 0.15) is 5.75 Å². The molecule has 1 saturated carbocycles. The molecule has 3 nitrogen and oxygen atoms in total. The zero-order valence-corrected chi connectivity index (χ0v) is 8.99. The third-order valence-electron chi connectivity index (χ3n) is 2.71. The Labute approximate surface area is 92.6 Å². The highest BCUT2D eigenvalue weighted by molar-refractivity contribution is 6.32. The molecule has 1 aliphatic carbocycles. The number of rotatable bonds is 3. The first-order chi connectivity index (χ1) is 7.13. The second kappa shape index (κ2) is 3.74. The first-order valence-corrected chi connectivity index (χ1v) is 5.07. The number of halogens is 1. The van der Waals surface area contributed by atoms with Crippen molar-refractivity contribution in [2.24, 2.45) is 5.92 Å². The highest BCUT2D eigenvalue weighted by atomic mass is 35.5. The summed E-state index contributed by atoms with van der Waals surface area (Å²) in [6, 6.07) is 5.43. The molecule has 0 bridgehead atoms. The van der Waals surface area contributed by atoms with Crippen LogP contribution in [0.25, 0.3) is 0 Å². The maximum absolute atomic E-state index is 10.7. The topological polar surface area (TPSA) is 46.5 Å². The fourth-order valence-electron chi connectivity index (χ4n) is 1.75. The van der Waals surface area contributed by atoms with Crippen LogP contribution in [-0.2, 0) is 4.79 Å². The van der Waals surface area contributed by atoms with Gasteiger partial charge >= 0.3 is 5.97 Å². The molecule has 1 aliphatic rings. The highest BCUT2D eigenvalue weighted by Crippen LogP contribution is 2.48. The van der Waals surface area contributed by atoms with Crippen LogP contribution < -0.4 is 4.74 Å². The van der Waals surface area contributed by atoms with Gasteiger partial charge < -0.3 is 9.84 Å². The molecule has 0 amide bonds. The molecule has 1 aromatic carbocycles. The van der Waals surface area contributed by atoms with Gasteiger partial charge in [-0.2, -0.15) is 0 Å². The lowest BCUT2D eigenvalue weighted by Gasteiger charge is -2.04. The number of aliphatic carboxylic acids is 1. The molecule has 2 atom stereocenters.